The Hall–Kier alpha value is -1.84. The van der Waals surface area contributed by atoms with Gasteiger partial charge in [0.2, 0.25) is 0 Å². The number of nitrogens with zero attached hydrogens (tertiary/aromatic N) is 1. The summed E-state index contributed by atoms with van der Waals surface area (Å²) in [7, 11) is 1.39. The lowest BCUT2D eigenvalue weighted by molar-refractivity contribution is -0.140. The molecule has 4 heteroatoms. The van der Waals surface area contributed by atoms with Gasteiger partial charge in [0, 0.05) is 18.2 Å². The molecule has 0 spiro atoms. The summed E-state index contributed by atoms with van der Waals surface area (Å²) in [5, 5.41) is 0. The molecule has 0 bridgehead atoms. The predicted octanol–water partition coefficient (Wildman–Crippen LogP) is 4.32. The van der Waals surface area contributed by atoms with E-state index in [9.17, 15) is 9.59 Å². The molecule has 1 fully saturated rings. The highest BCUT2D eigenvalue weighted by atomic mass is 16.5. The minimum atomic E-state index is -0.267. The number of carbonyl (C=O) groups excluding carboxylic acids is 2. The number of hydrogen-bond donors (Lipinski definition) is 0. The third-order valence-electron chi connectivity index (χ3n) is 5.06. The standard InChI is InChI=1S/C21H31NO3/c1-21(2,3)17-12-10-16(11-13-17)20(24)22(15-14-19(23)25-4)18-8-6-5-7-9-18/h10-13,18H,5-9,14-15H2,1-4H3. The van der Waals surface area contributed by atoms with E-state index in [1.165, 1.54) is 19.1 Å². The van der Waals surface area contributed by atoms with Crippen molar-refractivity contribution in [3.8, 4) is 0 Å². The highest BCUT2D eigenvalue weighted by molar-refractivity contribution is 5.94. The quantitative estimate of drug-likeness (QED) is 0.747. The molecule has 1 aromatic carbocycles. The van der Waals surface area contributed by atoms with Crippen molar-refractivity contribution in [1.29, 1.82) is 0 Å². The first-order chi connectivity index (χ1) is 11.8. The molecule has 0 N–H and O–H groups in total. The molecule has 4 nitrogen and oxygen atoms in total. The van der Waals surface area contributed by atoms with Crippen LogP contribution in [0.15, 0.2) is 24.3 Å². The highest BCUT2D eigenvalue weighted by Crippen LogP contribution is 2.26. The van der Waals surface area contributed by atoms with E-state index in [0.29, 0.717) is 12.1 Å². The maximum absolute atomic E-state index is 13.1. The lowest BCUT2D eigenvalue weighted by Gasteiger charge is -2.34. The zero-order chi connectivity index (χ0) is 18.4. The third kappa shape index (κ3) is 5.32. The number of methoxy groups -OCH3 is 1. The molecule has 2 rings (SSSR count). The number of amides is 1. The van der Waals surface area contributed by atoms with Gasteiger partial charge in [0.15, 0.2) is 0 Å². The maximum Gasteiger partial charge on any atom is 0.307 e. The Balaban J connectivity index is 2.16. The van der Waals surface area contributed by atoms with Crippen molar-refractivity contribution in [3.63, 3.8) is 0 Å². The second kappa shape index (κ2) is 8.50. The Morgan fingerprint density at radius 3 is 2.20 bits per heavy atom. The zero-order valence-corrected chi connectivity index (χ0v) is 16.0. The van der Waals surface area contributed by atoms with Crippen LogP contribution >= 0.6 is 0 Å². The molecule has 1 aliphatic carbocycles. The van der Waals surface area contributed by atoms with Gasteiger partial charge in [-0.1, -0.05) is 52.2 Å². The minimum absolute atomic E-state index is 0.0243. The first kappa shape index (κ1) is 19.5. The summed E-state index contributed by atoms with van der Waals surface area (Å²) in [5.74, 6) is -0.243. The van der Waals surface area contributed by atoms with E-state index >= 15 is 0 Å². The molecule has 0 aliphatic heterocycles. The first-order valence-electron chi connectivity index (χ1n) is 9.31. The molecule has 1 saturated carbocycles. The van der Waals surface area contributed by atoms with Crippen LogP contribution < -0.4 is 0 Å². The van der Waals surface area contributed by atoms with Crippen molar-refractivity contribution < 1.29 is 14.3 Å². The van der Waals surface area contributed by atoms with Crippen LogP contribution in [0.2, 0.25) is 0 Å². The lowest BCUT2D eigenvalue weighted by atomic mass is 9.86. The van der Waals surface area contributed by atoms with Gasteiger partial charge in [-0.05, 0) is 36.0 Å². The average Bonchev–Trinajstić information content (AvgIpc) is 2.61. The first-order valence-corrected chi connectivity index (χ1v) is 9.31. The van der Waals surface area contributed by atoms with E-state index in [4.69, 9.17) is 4.74 Å². The van der Waals surface area contributed by atoms with Gasteiger partial charge in [0.1, 0.15) is 0 Å². The van der Waals surface area contributed by atoms with Gasteiger partial charge in [0.05, 0.1) is 13.5 Å². The van der Waals surface area contributed by atoms with Gasteiger partial charge in [-0.2, -0.15) is 0 Å². The largest absolute Gasteiger partial charge is 0.469 e. The number of ether oxygens (including phenoxy) is 1. The van der Waals surface area contributed by atoms with Gasteiger partial charge in [-0.15, -0.1) is 0 Å². The SMILES string of the molecule is COC(=O)CCN(C(=O)c1ccc(C(C)(C)C)cc1)C1CCCCC1. The normalized spacial score (nSPS) is 15.7. The number of esters is 1. The Kier molecular flexibility index (Phi) is 6.63. The van der Waals surface area contributed by atoms with E-state index in [2.05, 4.69) is 20.8 Å². The van der Waals surface area contributed by atoms with E-state index in [-0.39, 0.29) is 29.8 Å². The summed E-state index contributed by atoms with van der Waals surface area (Å²) < 4.78 is 4.75. The van der Waals surface area contributed by atoms with Crippen molar-refractivity contribution in [2.24, 2.45) is 0 Å². The van der Waals surface area contributed by atoms with Crippen LogP contribution in [-0.4, -0.2) is 36.5 Å². The minimum Gasteiger partial charge on any atom is -0.469 e. The number of benzene rings is 1. The van der Waals surface area contributed by atoms with Crippen LogP contribution in [0.25, 0.3) is 0 Å². The molecule has 138 valence electrons. The van der Waals surface area contributed by atoms with E-state index < -0.39 is 0 Å². The van der Waals surface area contributed by atoms with Crippen LogP contribution in [0.5, 0.6) is 0 Å². The van der Waals surface area contributed by atoms with Crippen LogP contribution in [-0.2, 0) is 14.9 Å². The van der Waals surface area contributed by atoms with Gasteiger partial charge in [0.25, 0.3) is 5.91 Å². The van der Waals surface area contributed by atoms with Crippen LogP contribution in [0, 0.1) is 0 Å². The number of carbonyl (C=O) groups is 2. The molecule has 0 atom stereocenters. The van der Waals surface area contributed by atoms with Gasteiger partial charge >= 0.3 is 5.97 Å². The summed E-state index contributed by atoms with van der Waals surface area (Å²) in [6.07, 6.45) is 5.82. The molecule has 1 aromatic rings. The fourth-order valence-corrected chi connectivity index (χ4v) is 3.44. The van der Waals surface area contributed by atoms with E-state index in [1.54, 1.807) is 0 Å². The van der Waals surface area contributed by atoms with Crippen molar-refractivity contribution in [2.45, 2.75) is 70.8 Å². The highest BCUT2D eigenvalue weighted by Gasteiger charge is 2.27. The molecule has 0 saturated heterocycles. The van der Waals surface area contributed by atoms with Crippen molar-refractivity contribution in [1.82, 2.24) is 4.90 Å². The van der Waals surface area contributed by atoms with E-state index in [1.807, 2.05) is 29.2 Å². The Morgan fingerprint density at radius 2 is 1.68 bits per heavy atom. The Labute approximate surface area is 151 Å². The molecule has 0 unspecified atom stereocenters. The molecule has 1 amide bonds. The summed E-state index contributed by atoms with van der Waals surface area (Å²) in [5.41, 5.74) is 1.97. The van der Waals surface area contributed by atoms with Crippen molar-refractivity contribution in [2.75, 3.05) is 13.7 Å². The fraction of sp³-hybridized carbons (Fsp3) is 0.619. The Bertz CT molecular complexity index is 580. The molecular weight excluding hydrogens is 314 g/mol. The van der Waals surface area contributed by atoms with Crippen molar-refractivity contribution in [3.05, 3.63) is 35.4 Å². The van der Waals surface area contributed by atoms with Gasteiger partial charge in [-0.25, -0.2) is 0 Å². The molecule has 1 aliphatic rings. The second-order valence-corrected chi connectivity index (χ2v) is 7.94. The van der Waals surface area contributed by atoms with E-state index in [0.717, 1.165) is 25.7 Å². The van der Waals surface area contributed by atoms with Crippen LogP contribution in [0.3, 0.4) is 0 Å². The molecule has 25 heavy (non-hydrogen) atoms. The predicted molar refractivity (Wildman–Crippen MR) is 99.7 cm³/mol. The molecular formula is C21H31NO3. The van der Waals surface area contributed by atoms with Gasteiger partial charge < -0.3 is 9.64 Å². The lowest BCUT2D eigenvalue weighted by Crippen LogP contribution is -2.42. The average molecular weight is 345 g/mol. The summed E-state index contributed by atoms with van der Waals surface area (Å²) in [6, 6.07) is 8.13. The fourth-order valence-electron chi connectivity index (χ4n) is 3.44. The maximum atomic E-state index is 13.1. The summed E-state index contributed by atoms with van der Waals surface area (Å²) in [6.45, 7) is 6.91. The zero-order valence-electron chi connectivity index (χ0n) is 16.0. The number of hydrogen-bond acceptors (Lipinski definition) is 3. The van der Waals surface area contributed by atoms with Gasteiger partial charge in [-0.3, -0.25) is 9.59 Å². The topological polar surface area (TPSA) is 46.6 Å². The smallest absolute Gasteiger partial charge is 0.307 e. The molecule has 0 radical (unpaired) electrons. The molecule has 0 aromatic heterocycles. The third-order valence-corrected chi connectivity index (χ3v) is 5.06. The second-order valence-electron chi connectivity index (χ2n) is 7.94. The van der Waals surface area contributed by atoms with Crippen LogP contribution in [0.4, 0.5) is 0 Å². The molecule has 0 heterocycles. The monoisotopic (exact) mass is 345 g/mol. The summed E-state index contributed by atoms with van der Waals surface area (Å²) in [4.78, 5) is 26.5. The van der Waals surface area contributed by atoms with Crippen molar-refractivity contribution >= 4 is 11.9 Å². The Morgan fingerprint density at radius 1 is 1.08 bits per heavy atom. The number of rotatable bonds is 5. The van der Waals surface area contributed by atoms with Crippen LogP contribution in [0.1, 0.15) is 75.2 Å². The summed E-state index contributed by atoms with van der Waals surface area (Å²) >= 11 is 0.